The fourth-order valence-electron chi connectivity index (χ4n) is 2.76. The first-order valence-electron chi connectivity index (χ1n) is 7.20. The van der Waals surface area contributed by atoms with E-state index in [2.05, 4.69) is 5.32 Å². The van der Waals surface area contributed by atoms with E-state index in [-0.39, 0.29) is 18.3 Å². The molecule has 0 saturated heterocycles. The molecular formula is C16H20ClNO3. The van der Waals surface area contributed by atoms with E-state index < -0.39 is 11.5 Å². The lowest BCUT2D eigenvalue weighted by atomic mass is 9.82. The summed E-state index contributed by atoms with van der Waals surface area (Å²) < 4.78 is 5.15. The van der Waals surface area contributed by atoms with Crippen molar-refractivity contribution in [2.24, 2.45) is 5.41 Å². The highest BCUT2D eigenvalue weighted by atomic mass is 35.5. The van der Waals surface area contributed by atoms with Crippen LogP contribution in [-0.2, 0) is 16.1 Å². The van der Waals surface area contributed by atoms with Crippen LogP contribution in [0.25, 0.3) is 0 Å². The molecule has 4 nitrogen and oxygen atoms in total. The molecule has 1 amide bonds. The molecule has 0 radical (unpaired) electrons. The van der Waals surface area contributed by atoms with Crippen LogP contribution in [0, 0.1) is 5.41 Å². The molecule has 1 fully saturated rings. The molecule has 0 unspecified atom stereocenters. The zero-order valence-corrected chi connectivity index (χ0v) is 12.7. The molecule has 0 atom stereocenters. The van der Waals surface area contributed by atoms with Gasteiger partial charge in [0.2, 0.25) is 0 Å². The lowest BCUT2D eigenvalue weighted by molar-refractivity contribution is -0.125. The molecule has 1 aliphatic carbocycles. The van der Waals surface area contributed by atoms with Crippen molar-refractivity contribution in [1.82, 2.24) is 5.32 Å². The third-order valence-electron chi connectivity index (χ3n) is 4.06. The number of amides is 1. The number of hydrogen-bond acceptors (Lipinski definition) is 3. The van der Waals surface area contributed by atoms with Gasteiger partial charge in [-0.05, 0) is 18.4 Å². The van der Waals surface area contributed by atoms with Crippen molar-refractivity contribution in [2.45, 2.75) is 32.3 Å². The van der Waals surface area contributed by atoms with Crippen molar-refractivity contribution in [3.8, 4) is 0 Å². The Morgan fingerprint density at radius 1 is 1.19 bits per heavy atom. The Morgan fingerprint density at radius 3 is 2.48 bits per heavy atom. The van der Waals surface area contributed by atoms with Crippen molar-refractivity contribution >= 4 is 23.5 Å². The molecule has 114 valence electrons. The largest absolute Gasteiger partial charge is 0.445 e. The van der Waals surface area contributed by atoms with Gasteiger partial charge in [0, 0.05) is 12.0 Å². The molecule has 0 bridgehead atoms. The predicted molar refractivity (Wildman–Crippen MR) is 81.3 cm³/mol. The monoisotopic (exact) mass is 309 g/mol. The van der Waals surface area contributed by atoms with Crippen LogP contribution < -0.4 is 5.32 Å². The topological polar surface area (TPSA) is 55.4 Å². The Morgan fingerprint density at radius 2 is 1.86 bits per heavy atom. The van der Waals surface area contributed by atoms with Gasteiger partial charge in [-0.25, -0.2) is 4.79 Å². The highest BCUT2D eigenvalue weighted by Crippen LogP contribution is 2.38. The van der Waals surface area contributed by atoms with E-state index in [0.717, 1.165) is 31.2 Å². The van der Waals surface area contributed by atoms with Crippen LogP contribution in [0.5, 0.6) is 0 Å². The fourth-order valence-corrected chi connectivity index (χ4v) is 3.05. The summed E-state index contributed by atoms with van der Waals surface area (Å²) >= 11 is 5.68. The molecule has 21 heavy (non-hydrogen) atoms. The third-order valence-corrected chi connectivity index (χ3v) is 4.30. The van der Waals surface area contributed by atoms with E-state index in [0.29, 0.717) is 6.54 Å². The Balaban J connectivity index is 1.81. The molecule has 5 heteroatoms. The van der Waals surface area contributed by atoms with Gasteiger partial charge in [-0.15, -0.1) is 11.6 Å². The van der Waals surface area contributed by atoms with Gasteiger partial charge in [-0.1, -0.05) is 43.2 Å². The molecule has 0 heterocycles. The highest BCUT2D eigenvalue weighted by Gasteiger charge is 2.40. The number of benzene rings is 1. The molecule has 0 aliphatic heterocycles. The molecular weight excluding hydrogens is 290 g/mol. The molecule has 2 rings (SSSR count). The van der Waals surface area contributed by atoms with E-state index in [9.17, 15) is 9.59 Å². The molecule has 1 aliphatic rings. The standard InChI is InChI=1S/C16H20ClNO3/c17-10-14(19)16(8-4-5-9-16)12-18-15(20)21-11-13-6-2-1-3-7-13/h1-3,6-7H,4-5,8-12H2,(H,18,20). The lowest BCUT2D eigenvalue weighted by Gasteiger charge is -2.26. The van der Waals surface area contributed by atoms with Gasteiger partial charge in [0.1, 0.15) is 6.61 Å². The van der Waals surface area contributed by atoms with E-state index in [1.165, 1.54) is 0 Å². The second kappa shape index (κ2) is 7.46. The van der Waals surface area contributed by atoms with Gasteiger partial charge >= 0.3 is 6.09 Å². The SMILES string of the molecule is O=C(NCC1(C(=O)CCl)CCCC1)OCc1ccccc1. The minimum Gasteiger partial charge on any atom is -0.445 e. The number of alkyl carbamates (subject to hydrolysis) is 1. The van der Waals surface area contributed by atoms with E-state index in [4.69, 9.17) is 16.3 Å². The van der Waals surface area contributed by atoms with Crippen molar-refractivity contribution in [2.75, 3.05) is 12.4 Å². The smallest absolute Gasteiger partial charge is 0.407 e. The van der Waals surface area contributed by atoms with Crippen LogP contribution in [0.15, 0.2) is 30.3 Å². The molecule has 0 spiro atoms. The van der Waals surface area contributed by atoms with Gasteiger partial charge in [0.15, 0.2) is 5.78 Å². The molecule has 1 N–H and O–H groups in total. The second-order valence-corrected chi connectivity index (χ2v) is 5.73. The summed E-state index contributed by atoms with van der Waals surface area (Å²) in [6.45, 7) is 0.537. The molecule has 1 aromatic rings. The normalized spacial score (nSPS) is 16.4. The van der Waals surface area contributed by atoms with Gasteiger partial charge < -0.3 is 10.1 Å². The second-order valence-electron chi connectivity index (χ2n) is 5.46. The van der Waals surface area contributed by atoms with Crippen LogP contribution >= 0.6 is 11.6 Å². The number of ether oxygens (including phenoxy) is 1. The summed E-state index contributed by atoms with van der Waals surface area (Å²) in [7, 11) is 0. The van der Waals surface area contributed by atoms with Crippen molar-refractivity contribution in [3.63, 3.8) is 0 Å². The number of halogens is 1. The zero-order chi connectivity index (χ0) is 15.1. The number of nitrogens with one attached hydrogen (secondary N) is 1. The van der Waals surface area contributed by atoms with E-state index in [1.54, 1.807) is 0 Å². The highest BCUT2D eigenvalue weighted by molar-refractivity contribution is 6.28. The van der Waals surface area contributed by atoms with Crippen molar-refractivity contribution in [1.29, 1.82) is 0 Å². The number of alkyl halides is 1. The van der Waals surface area contributed by atoms with Gasteiger partial charge in [0.25, 0.3) is 0 Å². The van der Waals surface area contributed by atoms with Crippen LogP contribution in [0.3, 0.4) is 0 Å². The number of hydrogen-bond donors (Lipinski definition) is 1. The van der Waals surface area contributed by atoms with Crippen LogP contribution in [0.1, 0.15) is 31.2 Å². The average Bonchev–Trinajstić information content (AvgIpc) is 3.01. The minimum absolute atomic E-state index is 0.000737. The van der Waals surface area contributed by atoms with Gasteiger partial charge in [-0.3, -0.25) is 4.79 Å². The first-order valence-corrected chi connectivity index (χ1v) is 7.73. The molecule has 1 aromatic carbocycles. The predicted octanol–water partition coefficient (Wildman–Crippen LogP) is 3.28. The summed E-state index contributed by atoms with van der Waals surface area (Å²) in [5, 5.41) is 2.71. The summed E-state index contributed by atoms with van der Waals surface area (Å²) in [5.41, 5.74) is 0.438. The number of rotatable bonds is 6. The maximum absolute atomic E-state index is 12.0. The van der Waals surface area contributed by atoms with Crippen molar-refractivity contribution in [3.05, 3.63) is 35.9 Å². The Hall–Kier alpha value is -1.55. The Bertz CT molecular complexity index is 484. The van der Waals surface area contributed by atoms with Crippen molar-refractivity contribution < 1.29 is 14.3 Å². The Labute approximate surface area is 129 Å². The number of ketones is 1. The van der Waals surface area contributed by atoms with Crippen LogP contribution in [0.2, 0.25) is 0 Å². The third kappa shape index (κ3) is 4.21. The average molecular weight is 310 g/mol. The summed E-state index contributed by atoms with van der Waals surface area (Å²) in [5.74, 6) is 0.0193. The van der Waals surface area contributed by atoms with E-state index >= 15 is 0 Å². The Kier molecular flexibility index (Phi) is 5.62. The van der Waals surface area contributed by atoms with Crippen LogP contribution in [0.4, 0.5) is 4.79 Å². The first kappa shape index (κ1) is 15.8. The van der Waals surface area contributed by atoms with Gasteiger partial charge in [0.05, 0.1) is 5.88 Å². The van der Waals surface area contributed by atoms with Gasteiger partial charge in [-0.2, -0.15) is 0 Å². The fraction of sp³-hybridized carbons (Fsp3) is 0.500. The molecule has 0 aromatic heterocycles. The summed E-state index contributed by atoms with van der Waals surface area (Å²) in [4.78, 5) is 23.8. The summed E-state index contributed by atoms with van der Waals surface area (Å²) in [6, 6.07) is 9.48. The van der Waals surface area contributed by atoms with Crippen LogP contribution in [-0.4, -0.2) is 24.3 Å². The number of Topliss-reactive ketones (excluding diaryl/α,β-unsaturated/α-hetero) is 1. The lowest BCUT2D eigenvalue weighted by Crippen LogP contribution is -2.42. The zero-order valence-electron chi connectivity index (χ0n) is 11.9. The maximum atomic E-state index is 12.0. The first-order chi connectivity index (χ1) is 10.2. The molecule has 1 saturated carbocycles. The number of carbonyl (C=O) groups excluding carboxylic acids is 2. The minimum atomic E-state index is -0.493. The number of carbonyl (C=O) groups is 2. The maximum Gasteiger partial charge on any atom is 0.407 e. The summed E-state index contributed by atoms with van der Waals surface area (Å²) in [6.07, 6.45) is 3.09. The quantitative estimate of drug-likeness (QED) is 0.820. The van der Waals surface area contributed by atoms with E-state index in [1.807, 2.05) is 30.3 Å².